The molecule has 134 valence electrons. The lowest BCUT2D eigenvalue weighted by molar-refractivity contribution is -0.124. The molecule has 0 bridgehead atoms. The lowest BCUT2D eigenvalue weighted by Crippen LogP contribution is -2.59. The predicted molar refractivity (Wildman–Crippen MR) is 100 cm³/mol. The van der Waals surface area contributed by atoms with Crippen LogP contribution in [0.3, 0.4) is 0 Å². The highest BCUT2D eigenvalue weighted by atomic mass is 32.2. The third kappa shape index (κ3) is 2.81. The number of hydrogen-bond donors (Lipinski definition) is 0. The van der Waals surface area contributed by atoms with E-state index in [4.69, 9.17) is 4.42 Å². The summed E-state index contributed by atoms with van der Waals surface area (Å²) in [4.78, 5) is 30.1. The van der Waals surface area contributed by atoms with Crippen molar-refractivity contribution in [1.82, 2.24) is 9.80 Å². The van der Waals surface area contributed by atoms with Gasteiger partial charge in [-0.2, -0.15) is 0 Å². The Morgan fingerprint density at radius 2 is 1.92 bits per heavy atom. The van der Waals surface area contributed by atoms with Gasteiger partial charge in [0.25, 0.3) is 0 Å². The quantitative estimate of drug-likeness (QED) is 0.550. The maximum Gasteiger partial charge on any atom is 0.168 e. The average Bonchev–Trinajstić information content (AvgIpc) is 3.19. The first-order valence-corrected chi connectivity index (χ1v) is 10.2. The summed E-state index contributed by atoms with van der Waals surface area (Å²) < 4.78 is 6.31. The number of ketones is 2. The van der Waals surface area contributed by atoms with Crippen LogP contribution in [0, 0.1) is 0 Å². The average molecular weight is 379 g/mol. The maximum atomic E-state index is 12.8. The van der Waals surface area contributed by atoms with Crippen molar-refractivity contribution in [3.8, 4) is 0 Å². The highest BCUT2D eigenvalue weighted by Crippen LogP contribution is 2.58. The highest BCUT2D eigenvalue weighted by molar-refractivity contribution is 8.26. The van der Waals surface area contributed by atoms with Crippen molar-refractivity contribution in [3.63, 3.8) is 0 Å². The molecule has 2 aliphatic heterocycles. The van der Waals surface area contributed by atoms with Gasteiger partial charge in [0.2, 0.25) is 0 Å². The largest absolute Gasteiger partial charge is 0.469 e. The lowest BCUT2D eigenvalue weighted by atomic mass is 9.83. The Morgan fingerprint density at radius 1 is 1.20 bits per heavy atom. The fourth-order valence-electron chi connectivity index (χ4n) is 3.83. The number of piperazine rings is 1. The van der Waals surface area contributed by atoms with E-state index >= 15 is 0 Å². The zero-order valence-electron chi connectivity index (χ0n) is 14.7. The van der Waals surface area contributed by atoms with Crippen molar-refractivity contribution in [1.29, 1.82) is 0 Å². The van der Waals surface area contributed by atoms with Gasteiger partial charge in [0.1, 0.15) is 5.76 Å². The molecule has 25 heavy (non-hydrogen) atoms. The minimum absolute atomic E-state index is 0.0415. The zero-order chi connectivity index (χ0) is 17.8. The van der Waals surface area contributed by atoms with E-state index in [1.807, 2.05) is 6.07 Å². The van der Waals surface area contributed by atoms with Gasteiger partial charge in [0.15, 0.2) is 11.6 Å². The molecule has 2 saturated heterocycles. The van der Waals surface area contributed by atoms with Crippen LogP contribution in [0.15, 0.2) is 32.6 Å². The van der Waals surface area contributed by atoms with E-state index < -0.39 is 0 Å². The summed E-state index contributed by atoms with van der Waals surface area (Å²) in [5.74, 6) is 0.525. The molecule has 5 nitrogen and oxygen atoms in total. The molecule has 0 radical (unpaired) electrons. The molecule has 0 N–H and O–H groups in total. The first-order valence-electron chi connectivity index (χ1n) is 8.51. The second kappa shape index (κ2) is 6.30. The van der Waals surface area contributed by atoms with Gasteiger partial charge in [-0.3, -0.25) is 19.4 Å². The van der Waals surface area contributed by atoms with E-state index in [1.54, 1.807) is 35.9 Å². The Balaban J connectivity index is 1.63. The van der Waals surface area contributed by atoms with Crippen molar-refractivity contribution in [2.45, 2.75) is 35.9 Å². The van der Waals surface area contributed by atoms with Crippen molar-refractivity contribution < 1.29 is 14.0 Å². The molecule has 3 aliphatic rings. The third-order valence-electron chi connectivity index (χ3n) is 5.49. The number of hydrogen-bond acceptors (Lipinski definition) is 7. The Bertz CT molecular complexity index is 726. The second-order valence-electron chi connectivity index (χ2n) is 7.16. The number of likely N-dealkylation sites (N-methyl/N-ethyl adjacent to an activating group) is 2. The van der Waals surface area contributed by atoms with Gasteiger partial charge in [-0.05, 0) is 33.2 Å². The summed E-state index contributed by atoms with van der Waals surface area (Å²) in [6.45, 7) is 4.19. The van der Waals surface area contributed by atoms with Gasteiger partial charge < -0.3 is 4.42 Å². The fourth-order valence-corrected chi connectivity index (χ4v) is 7.55. The van der Waals surface area contributed by atoms with Crippen LogP contribution in [0.1, 0.15) is 31.4 Å². The van der Waals surface area contributed by atoms with Gasteiger partial charge in [-0.15, -0.1) is 0 Å². The Labute approximate surface area is 156 Å². The molecule has 1 aromatic rings. The number of furan rings is 1. The van der Waals surface area contributed by atoms with Crippen LogP contribution in [0.25, 0.3) is 0 Å². The third-order valence-corrected chi connectivity index (χ3v) is 8.98. The van der Waals surface area contributed by atoms with Crippen LogP contribution in [-0.2, 0) is 9.59 Å². The maximum absolute atomic E-state index is 12.8. The van der Waals surface area contributed by atoms with Gasteiger partial charge in [-0.25, -0.2) is 0 Å². The van der Waals surface area contributed by atoms with Gasteiger partial charge in [0, 0.05) is 31.8 Å². The Morgan fingerprint density at radius 3 is 2.52 bits per heavy atom. The zero-order valence-corrected chi connectivity index (χ0v) is 16.3. The van der Waals surface area contributed by atoms with Crippen LogP contribution >= 0.6 is 23.5 Å². The molecule has 3 fully saturated rings. The molecule has 7 heteroatoms. The molecule has 2 atom stereocenters. The molecule has 4 rings (SSSR count). The van der Waals surface area contributed by atoms with E-state index in [2.05, 4.69) is 30.8 Å². The molecule has 0 amide bonds. The molecular weight excluding hydrogens is 356 g/mol. The first kappa shape index (κ1) is 17.4. The monoisotopic (exact) mass is 378 g/mol. The Kier molecular flexibility index (Phi) is 4.38. The molecule has 3 heterocycles. The first-order chi connectivity index (χ1) is 11.9. The number of thioether (sulfide) groups is 2. The van der Waals surface area contributed by atoms with Crippen LogP contribution in [0.5, 0.6) is 0 Å². The van der Waals surface area contributed by atoms with Crippen molar-refractivity contribution in [3.05, 3.63) is 34.0 Å². The van der Waals surface area contributed by atoms with Gasteiger partial charge in [-0.1, -0.05) is 23.5 Å². The van der Waals surface area contributed by atoms with Crippen molar-refractivity contribution in [2.24, 2.45) is 0 Å². The van der Waals surface area contributed by atoms with E-state index in [0.717, 1.165) is 23.1 Å². The van der Waals surface area contributed by atoms with E-state index in [-0.39, 0.29) is 27.7 Å². The molecule has 1 aromatic heterocycles. The number of nitrogens with zero attached hydrogens (tertiary/aromatic N) is 2. The molecule has 2 unspecified atom stereocenters. The molecule has 0 aromatic carbocycles. The number of fused-ring (bicyclic) bond motifs is 1. The SMILES string of the molecule is CN1CCN(C)C2(C)SC(=C3C(=O)CC(c4ccco4)CC3=O)SC12. The summed E-state index contributed by atoms with van der Waals surface area (Å²) in [5, 5.41) is 0.252. The predicted octanol–water partition coefficient (Wildman–Crippen LogP) is 2.91. The Hall–Kier alpha value is -1.02. The number of carbonyl (C=O) groups excluding carboxylic acids is 2. The normalized spacial score (nSPS) is 34.7. The number of rotatable bonds is 1. The van der Waals surface area contributed by atoms with Crippen LogP contribution in [0.4, 0.5) is 0 Å². The van der Waals surface area contributed by atoms with E-state index in [9.17, 15) is 9.59 Å². The smallest absolute Gasteiger partial charge is 0.168 e. The minimum Gasteiger partial charge on any atom is -0.469 e. The summed E-state index contributed by atoms with van der Waals surface area (Å²) in [6, 6.07) is 3.65. The van der Waals surface area contributed by atoms with Gasteiger partial charge in [0.05, 0.1) is 26.3 Å². The highest BCUT2D eigenvalue weighted by Gasteiger charge is 2.52. The topological polar surface area (TPSA) is 53.8 Å². The summed E-state index contributed by atoms with van der Waals surface area (Å²) in [5.41, 5.74) is 0.426. The van der Waals surface area contributed by atoms with E-state index in [1.165, 1.54) is 0 Å². The fraction of sp³-hybridized carbons (Fsp3) is 0.556. The van der Waals surface area contributed by atoms with Gasteiger partial charge >= 0.3 is 0 Å². The standard InChI is InChI=1S/C18H22N2O3S2/c1-18-17(19(2)6-7-20(18)3)24-16(25-18)15-12(21)9-11(10-13(15)22)14-5-4-8-23-14/h4-5,8,11,17H,6-7,9-10H2,1-3H3. The number of carbonyl (C=O) groups is 2. The van der Waals surface area contributed by atoms with Crippen LogP contribution in [0.2, 0.25) is 0 Å². The van der Waals surface area contributed by atoms with Crippen LogP contribution < -0.4 is 0 Å². The van der Waals surface area contributed by atoms with Crippen molar-refractivity contribution in [2.75, 3.05) is 27.2 Å². The summed E-state index contributed by atoms with van der Waals surface area (Å²) >= 11 is 3.36. The number of Topliss-reactive ketones (excluding diaryl/α,β-unsaturated/α-hetero) is 2. The molecular formula is C18H22N2O3S2. The van der Waals surface area contributed by atoms with Crippen LogP contribution in [-0.4, -0.2) is 58.8 Å². The molecule has 1 aliphatic carbocycles. The summed E-state index contributed by atoms with van der Waals surface area (Å²) in [6.07, 6.45) is 2.30. The molecule has 0 spiro atoms. The lowest BCUT2D eigenvalue weighted by Gasteiger charge is -2.47. The van der Waals surface area contributed by atoms with E-state index in [0.29, 0.717) is 18.4 Å². The second-order valence-corrected chi connectivity index (χ2v) is 9.95. The number of allylic oxidation sites excluding steroid dienone is 1. The minimum atomic E-state index is -0.126. The summed E-state index contributed by atoms with van der Waals surface area (Å²) in [7, 11) is 4.24. The van der Waals surface area contributed by atoms with Crippen molar-refractivity contribution >= 4 is 35.1 Å². The molecule has 1 saturated carbocycles.